The molecule has 1 rings (SSSR count). The molecular weight excluding hydrogens is 204 g/mol. The lowest BCUT2D eigenvalue weighted by atomic mass is 10.0. The molecule has 0 aliphatic rings. The van der Waals surface area contributed by atoms with Gasteiger partial charge in [0.15, 0.2) is 0 Å². The van der Waals surface area contributed by atoms with E-state index in [2.05, 4.69) is 6.58 Å². The van der Waals surface area contributed by atoms with Gasteiger partial charge < -0.3 is 4.74 Å². The van der Waals surface area contributed by atoms with Gasteiger partial charge >= 0.3 is 5.97 Å². The highest BCUT2D eigenvalue weighted by atomic mass is 28.1. The summed E-state index contributed by atoms with van der Waals surface area (Å²) in [7, 11) is 0.703. The molecule has 2 nitrogen and oxygen atoms in total. The van der Waals surface area contributed by atoms with Crippen LogP contribution in [0.25, 0.3) is 0 Å². The summed E-state index contributed by atoms with van der Waals surface area (Å²) in [4.78, 5) is 11.8. The first kappa shape index (κ1) is 11.7. The summed E-state index contributed by atoms with van der Waals surface area (Å²) in [6, 6.07) is 9.11. The number of hydrogen-bond acceptors (Lipinski definition) is 2. The van der Waals surface area contributed by atoms with Crippen molar-refractivity contribution in [3.05, 3.63) is 42.5 Å². The largest absolute Gasteiger partial charge is 0.426 e. The van der Waals surface area contributed by atoms with Crippen molar-refractivity contribution < 1.29 is 9.53 Å². The van der Waals surface area contributed by atoms with Crippen molar-refractivity contribution in [2.75, 3.05) is 0 Å². The SMILES string of the molecule is C=C(C)C(C)([SiH3])C(=O)Oc1ccccc1. The second-order valence-corrected chi connectivity index (χ2v) is 6.11. The lowest BCUT2D eigenvalue weighted by molar-refractivity contribution is -0.136. The molecule has 1 unspecified atom stereocenters. The van der Waals surface area contributed by atoms with Crippen LogP contribution in [-0.4, -0.2) is 16.2 Å². The van der Waals surface area contributed by atoms with Crippen LogP contribution in [0.3, 0.4) is 0 Å². The third-order valence-corrected chi connectivity index (χ3v) is 3.79. The highest BCUT2D eigenvalue weighted by molar-refractivity contribution is 6.29. The summed E-state index contributed by atoms with van der Waals surface area (Å²) < 4.78 is 5.28. The Bertz CT molecular complexity index is 368. The van der Waals surface area contributed by atoms with Gasteiger partial charge in [-0.2, -0.15) is 0 Å². The van der Waals surface area contributed by atoms with E-state index in [0.717, 1.165) is 5.57 Å². The maximum atomic E-state index is 11.8. The second-order valence-electron chi connectivity index (χ2n) is 4.11. The van der Waals surface area contributed by atoms with Gasteiger partial charge in [-0.25, -0.2) is 0 Å². The van der Waals surface area contributed by atoms with Crippen LogP contribution in [0.2, 0.25) is 5.04 Å². The topological polar surface area (TPSA) is 26.3 Å². The number of ether oxygens (including phenoxy) is 1. The van der Waals surface area contributed by atoms with Crippen molar-refractivity contribution in [2.45, 2.75) is 18.9 Å². The van der Waals surface area contributed by atoms with Gasteiger partial charge in [-0.05, 0) is 26.0 Å². The van der Waals surface area contributed by atoms with E-state index in [1.54, 1.807) is 12.1 Å². The predicted octanol–water partition coefficient (Wildman–Crippen LogP) is 1.71. The third-order valence-electron chi connectivity index (χ3n) is 2.53. The van der Waals surface area contributed by atoms with Crippen LogP contribution < -0.4 is 4.74 Å². The molecule has 0 aliphatic heterocycles. The van der Waals surface area contributed by atoms with Crippen LogP contribution in [-0.2, 0) is 4.79 Å². The Morgan fingerprint density at radius 3 is 2.40 bits per heavy atom. The molecule has 0 radical (unpaired) electrons. The van der Waals surface area contributed by atoms with Gasteiger partial charge in [-0.15, -0.1) is 0 Å². The number of carbonyl (C=O) groups is 1. The van der Waals surface area contributed by atoms with Crippen molar-refractivity contribution in [3.63, 3.8) is 0 Å². The van der Waals surface area contributed by atoms with Crippen LogP contribution in [0.5, 0.6) is 5.75 Å². The van der Waals surface area contributed by atoms with E-state index < -0.39 is 5.04 Å². The standard InChI is InChI=1S/C12H16O2Si/c1-9(2)12(3,15)11(13)14-10-7-5-4-6-8-10/h4-8H,1H2,2-3,15H3. The highest BCUT2D eigenvalue weighted by Crippen LogP contribution is 2.31. The molecule has 1 atom stereocenters. The van der Waals surface area contributed by atoms with E-state index in [1.807, 2.05) is 32.0 Å². The summed E-state index contributed by atoms with van der Waals surface area (Å²) in [6.07, 6.45) is 0. The summed E-state index contributed by atoms with van der Waals surface area (Å²) in [6.45, 7) is 7.55. The maximum Gasteiger partial charge on any atom is 0.317 e. The fraction of sp³-hybridized carbons (Fsp3) is 0.250. The first-order valence-corrected chi connectivity index (χ1v) is 5.88. The number of esters is 1. The van der Waals surface area contributed by atoms with Gasteiger partial charge in [0.2, 0.25) is 0 Å². The number of para-hydroxylation sites is 1. The maximum absolute atomic E-state index is 11.8. The first-order valence-electron chi connectivity index (χ1n) is 4.88. The molecule has 1 aromatic carbocycles. The molecule has 0 aromatic heterocycles. The van der Waals surface area contributed by atoms with Gasteiger partial charge in [0.05, 0.1) is 5.04 Å². The smallest absolute Gasteiger partial charge is 0.317 e. The molecule has 15 heavy (non-hydrogen) atoms. The molecule has 0 spiro atoms. The highest BCUT2D eigenvalue weighted by Gasteiger charge is 2.30. The van der Waals surface area contributed by atoms with Crippen LogP contribution in [0.4, 0.5) is 0 Å². The monoisotopic (exact) mass is 220 g/mol. The Morgan fingerprint density at radius 1 is 1.40 bits per heavy atom. The zero-order valence-electron chi connectivity index (χ0n) is 9.41. The van der Waals surface area contributed by atoms with E-state index in [9.17, 15) is 4.79 Å². The molecule has 0 saturated heterocycles. The molecular formula is C12H16O2Si. The fourth-order valence-electron chi connectivity index (χ4n) is 0.897. The van der Waals surface area contributed by atoms with E-state index in [1.165, 1.54) is 0 Å². The lowest BCUT2D eigenvalue weighted by Crippen LogP contribution is -2.26. The van der Waals surface area contributed by atoms with Crippen molar-refractivity contribution in [3.8, 4) is 5.75 Å². The Kier molecular flexibility index (Phi) is 3.47. The zero-order valence-corrected chi connectivity index (χ0v) is 11.4. The van der Waals surface area contributed by atoms with E-state index in [4.69, 9.17) is 4.74 Å². The van der Waals surface area contributed by atoms with Crippen molar-refractivity contribution >= 4 is 16.2 Å². The van der Waals surface area contributed by atoms with Crippen LogP contribution >= 0.6 is 0 Å². The molecule has 0 aliphatic carbocycles. The molecule has 1 aromatic rings. The normalized spacial score (nSPS) is 14.3. The lowest BCUT2D eigenvalue weighted by Gasteiger charge is -2.22. The first-order chi connectivity index (χ1) is 6.94. The predicted molar refractivity (Wildman–Crippen MR) is 65.2 cm³/mol. The molecule has 0 heterocycles. The van der Waals surface area contributed by atoms with Gasteiger partial charge in [-0.1, -0.05) is 30.4 Å². The number of benzene rings is 1. The van der Waals surface area contributed by atoms with Gasteiger partial charge in [-0.3, -0.25) is 4.79 Å². The number of rotatable bonds is 3. The fourth-order valence-corrected chi connectivity index (χ4v) is 0.999. The zero-order chi connectivity index (χ0) is 11.5. The van der Waals surface area contributed by atoms with Crippen LogP contribution in [0.1, 0.15) is 13.8 Å². The van der Waals surface area contributed by atoms with Crippen molar-refractivity contribution in [1.29, 1.82) is 0 Å². The Hall–Kier alpha value is -1.35. The van der Waals surface area contributed by atoms with Gasteiger partial charge in [0.1, 0.15) is 5.75 Å². The minimum Gasteiger partial charge on any atom is -0.426 e. The van der Waals surface area contributed by atoms with Crippen LogP contribution in [0.15, 0.2) is 42.5 Å². The molecule has 3 heteroatoms. The second kappa shape index (κ2) is 4.44. The van der Waals surface area contributed by atoms with Crippen molar-refractivity contribution in [2.24, 2.45) is 0 Å². The van der Waals surface area contributed by atoms with E-state index in [0.29, 0.717) is 16.0 Å². The quantitative estimate of drug-likeness (QED) is 0.335. The Morgan fingerprint density at radius 2 is 1.93 bits per heavy atom. The minimum absolute atomic E-state index is 0.215. The summed E-state index contributed by atoms with van der Waals surface area (Å²) in [5.41, 5.74) is 0.857. The minimum atomic E-state index is -0.504. The summed E-state index contributed by atoms with van der Waals surface area (Å²) in [5.74, 6) is 0.374. The van der Waals surface area contributed by atoms with Gasteiger partial charge in [0, 0.05) is 10.2 Å². The molecule has 0 fully saturated rings. The summed E-state index contributed by atoms with van der Waals surface area (Å²) >= 11 is 0. The summed E-state index contributed by atoms with van der Waals surface area (Å²) in [5, 5.41) is -0.504. The number of hydrogen-bond donors (Lipinski definition) is 0. The molecule has 80 valence electrons. The Balaban J connectivity index is 2.77. The average molecular weight is 220 g/mol. The van der Waals surface area contributed by atoms with Gasteiger partial charge in [0.25, 0.3) is 0 Å². The third kappa shape index (κ3) is 2.80. The molecule has 0 bridgehead atoms. The molecule has 0 N–H and O–H groups in total. The van der Waals surface area contributed by atoms with E-state index in [-0.39, 0.29) is 5.97 Å². The number of carbonyl (C=O) groups excluding carboxylic acids is 1. The average Bonchev–Trinajstić information content (AvgIpc) is 2.18. The molecule has 0 saturated carbocycles. The van der Waals surface area contributed by atoms with Crippen molar-refractivity contribution in [1.82, 2.24) is 0 Å². The molecule has 0 amide bonds. The van der Waals surface area contributed by atoms with Crippen LogP contribution in [0, 0.1) is 0 Å². The van der Waals surface area contributed by atoms with E-state index >= 15 is 0 Å². The Labute approximate surface area is 93.4 Å².